The van der Waals surface area contributed by atoms with Crippen LogP contribution in [0.4, 0.5) is 11.4 Å². The largest absolute Gasteiger partial charge is 0.399 e. The standard InChI is InChI=1S/C16H17N3O2/c17-15-5-4-14-11-18(7-6-13(14)9-15)10-12-2-1-3-16(8-12)19(20)21/h1-5,8-9H,6-7,10-11,17H2. The summed E-state index contributed by atoms with van der Waals surface area (Å²) in [6.45, 7) is 2.53. The number of nitro benzene ring substituents is 1. The molecule has 0 amide bonds. The number of nitrogen functional groups attached to an aromatic ring is 1. The van der Waals surface area contributed by atoms with Gasteiger partial charge in [-0.25, -0.2) is 0 Å². The lowest BCUT2D eigenvalue weighted by molar-refractivity contribution is -0.384. The predicted molar refractivity (Wildman–Crippen MR) is 81.8 cm³/mol. The number of fused-ring (bicyclic) bond motifs is 1. The van der Waals surface area contributed by atoms with E-state index in [1.165, 1.54) is 17.2 Å². The van der Waals surface area contributed by atoms with Crippen LogP contribution in [-0.4, -0.2) is 16.4 Å². The smallest absolute Gasteiger partial charge is 0.269 e. The molecule has 5 heteroatoms. The third-order valence-corrected chi connectivity index (χ3v) is 3.85. The molecule has 3 rings (SSSR count). The van der Waals surface area contributed by atoms with Crippen molar-refractivity contribution in [1.82, 2.24) is 4.90 Å². The Balaban J connectivity index is 1.74. The molecule has 0 atom stereocenters. The maximum Gasteiger partial charge on any atom is 0.269 e. The molecular formula is C16H17N3O2. The molecular weight excluding hydrogens is 266 g/mol. The van der Waals surface area contributed by atoms with E-state index in [4.69, 9.17) is 5.73 Å². The molecule has 2 N–H and O–H groups in total. The Morgan fingerprint density at radius 1 is 1.19 bits per heavy atom. The second-order valence-corrected chi connectivity index (χ2v) is 5.42. The van der Waals surface area contributed by atoms with Gasteiger partial charge in [-0.1, -0.05) is 18.2 Å². The molecule has 0 saturated heterocycles. The molecule has 2 aromatic carbocycles. The van der Waals surface area contributed by atoms with E-state index < -0.39 is 0 Å². The van der Waals surface area contributed by atoms with Crippen LogP contribution in [0, 0.1) is 10.1 Å². The molecule has 5 nitrogen and oxygen atoms in total. The average molecular weight is 283 g/mol. The van der Waals surface area contributed by atoms with Gasteiger partial charge in [-0.2, -0.15) is 0 Å². The predicted octanol–water partition coefficient (Wildman–Crippen LogP) is 2.74. The van der Waals surface area contributed by atoms with Crippen LogP contribution in [0.3, 0.4) is 0 Å². The van der Waals surface area contributed by atoms with Crippen LogP contribution in [0.25, 0.3) is 0 Å². The molecule has 0 bridgehead atoms. The van der Waals surface area contributed by atoms with Crippen molar-refractivity contribution in [2.24, 2.45) is 0 Å². The fourth-order valence-electron chi connectivity index (χ4n) is 2.79. The van der Waals surface area contributed by atoms with E-state index in [1.54, 1.807) is 12.1 Å². The van der Waals surface area contributed by atoms with Gasteiger partial charge in [-0.05, 0) is 35.2 Å². The van der Waals surface area contributed by atoms with Crippen LogP contribution in [-0.2, 0) is 19.5 Å². The SMILES string of the molecule is Nc1ccc2c(c1)CCN(Cc1cccc([N+](=O)[O-])c1)C2. The monoisotopic (exact) mass is 283 g/mol. The highest BCUT2D eigenvalue weighted by molar-refractivity contribution is 5.45. The minimum Gasteiger partial charge on any atom is -0.399 e. The molecule has 0 unspecified atom stereocenters. The average Bonchev–Trinajstić information content (AvgIpc) is 2.48. The maximum absolute atomic E-state index is 10.8. The Hall–Kier alpha value is -2.40. The number of nitro groups is 1. The van der Waals surface area contributed by atoms with Gasteiger partial charge in [-0.3, -0.25) is 15.0 Å². The zero-order valence-electron chi connectivity index (χ0n) is 11.7. The summed E-state index contributed by atoms with van der Waals surface area (Å²) in [4.78, 5) is 12.8. The zero-order chi connectivity index (χ0) is 14.8. The Morgan fingerprint density at radius 2 is 2.05 bits per heavy atom. The molecule has 0 radical (unpaired) electrons. The highest BCUT2D eigenvalue weighted by atomic mass is 16.6. The first-order valence-electron chi connectivity index (χ1n) is 6.95. The highest BCUT2D eigenvalue weighted by Gasteiger charge is 2.17. The summed E-state index contributed by atoms with van der Waals surface area (Å²) in [5, 5.41) is 10.8. The molecule has 0 fully saturated rings. The van der Waals surface area contributed by atoms with Gasteiger partial charge < -0.3 is 5.73 Å². The van der Waals surface area contributed by atoms with Crippen LogP contribution in [0.15, 0.2) is 42.5 Å². The summed E-state index contributed by atoms with van der Waals surface area (Å²) in [7, 11) is 0. The Labute approximate surface area is 123 Å². The van der Waals surface area contributed by atoms with E-state index in [9.17, 15) is 10.1 Å². The summed E-state index contributed by atoms with van der Waals surface area (Å²) >= 11 is 0. The molecule has 0 saturated carbocycles. The molecule has 0 aromatic heterocycles. The fourth-order valence-corrected chi connectivity index (χ4v) is 2.79. The van der Waals surface area contributed by atoms with E-state index in [1.807, 2.05) is 18.2 Å². The quantitative estimate of drug-likeness (QED) is 0.534. The van der Waals surface area contributed by atoms with Gasteiger partial charge in [-0.15, -0.1) is 0 Å². The van der Waals surface area contributed by atoms with Crippen LogP contribution >= 0.6 is 0 Å². The molecule has 1 aliphatic rings. The van der Waals surface area contributed by atoms with Gasteiger partial charge in [0, 0.05) is 37.5 Å². The molecule has 108 valence electrons. The van der Waals surface area contributed by atoms with E-state index in [2.05, 4.69) is 11.0 Å². The van der Waals surface area contributed by atoms with Crippen molar-refractivity contribution in [3.8, 4) is 0 Å². The second kappa shape index (κ2) is 5.54. The van der Waals surface area contributed by atoms with Gasteiger partial charge in [0.05, 0.1) is 4.92 Å². The normalized spacial score (nSPS) is 14.7. The summed E-state index contributed by atoms with van der Waals surface area (Å²) in [6.07, 6.45) is 0.968. The van der Waals surface area contributed by atoms with E-state index in [0.717, 1.165) is 37.3 Å². The number of hydrogen-bond acceptors (Lipinski definition) is 4. The van der Waals surface area contributed by atoms with Crippen LogP contribution in [0.2, 0.25) is 0 Å². The third kappa shape index (κ3) is 3.03. The Morgan fingerprint density at radius 3 is 2.86 bits per heavy atom. The van der Waals surface area contributed by atoms with Crippen LogP contribution in [0.5, 0.6) is 0 Å². The van der Waals surface area contributed by atoms with Crippen molar-refractivity contribution in [3.05, 3.63) is 69.3 Å². The zero-order valence-corrected chi connectivity index (χ0v) is 11.7. The van der Waals surface area contributed by atoms with E-state index >= 15 is 0 Å². The summed E-state index contributed by atoms with van der Waals surface area (Å²) in [5.41, 5.74) is 10.3. The van der Waals surface area contributed by atoms with Gasteiger partial charge >= 0.3 is 0 Å². The topological polar surface area (TPSA) is 72.4 Å². The van der Waals surface area contributed by atoms with Gasteiger partial charge in [0.1, 0.15) is 0 Å². The summed E-state index contributed by atoms with van der Waals surface area (Å²) in [6, 6.07) is 12.9. The second-order valence-electron chi connectivity index (χ2n) is 5.42. The molecule has 0 spiro atoms. The van der Waals surface area contributed by atoms with Gasteiger partial charge in [0.15, 0.2) is 0 Å². The number of hydrogen-bond donors (Lipinski definition) is 1. The Kier molecular flexibility index (Phi) is 3.58. The van der Waals surface area contributed by atoms with E-state index in [0.29, 0.717) is 0 Å². The molecule has 1 aliphatic heterocycles. The summed E-state index contributed by atoms with van der Waals surface area (Å²) in [5.74, 6) is 0. The minimum atomic E-state index is -0.349. The van der Waals surface area contributed by atoms with Crippen molar-refractivity contribution in [3.63, 3.8) is 0 Å². The lowest BCUT2D eigenvalue weighted by Crippen LogP contribution is -2.30. The van der Waals surface area contributed by atoms with Gasteiger partial charge in [0.2, 0.25) is 0 Å². The summed E-state index contributed by atoms with van der Waals surface area (Å²) < 4.78 is 0. The van der Waals surface area contributed by atoms with Crippen LogP contribution in [0.1, 0.15) is 16.7 Å². The molecule has 2 aromatic rings. The number of benzene rings is 2. The lowest BCUT2D eigenvalue weighted by Gasteiger charge is -2.28. The minimum absolute atomic E-state index is 0.151. The number of non-ortho nitro benzene ring substituents is 1. The fraction of sp³-hybridized carbons (Fsp3) is 0.250. The molecule has 0 aliphatic carbocycles. The van der Waals surface area contributed by atoms with Crippen LogP contribution < -0.4 is 5.73 Å². The number of rotatable bonds is 3. The number of anilines is 1. The first-order valence-corrected chi connectivity index (χ1v) is 6.95. The van der Waals surface area contributed by atoms with Crippen molar-refractivity contribution >= 4 is 11.4 Å². The maximum atomic E-state index is 10.8. The van der Waals surface area contributed by atoms with E-state index in [-0.39, 0.29) is 10.6 Å². The van der Waals surface area contributed by atoms with Crippen molar-refractivity contribution < 1.29 is 4.92 Å². The highest BCUT2D eigenvalue weighted by Crippen LogP contribution is 2.23. The molecule has 21 heavy (non-hydrogen) atoms. The number of nitrogens with zero attached hydrogens (tertiary/aromatic N) is 2. The van der Waals surface area contributed by atoms with Crippen molar-refractivity contribution in [2.75, 3.05) is 12.3 Å². The molecule has 1 heterocycles. The van der Waals surface area contributed by atoms with Crippen molar-refractivity contribution in [1.29, 1.82) is 0 Å². The van der Waals surface area contributed by atoms with Gasteiger partial charge in [0.25, 0.3) is 5.69 Å². The van der Waals surface area contributed by atoms with Crippen molar-refractivity contribution in [2.45, 2.75) is 19.5 Å². The Bertz CT molecular complexity index is 685. The lowest BCUT2D eigenvalue weighted by atomic mass is 9.98. The third-order valence-electron chi connectivity index (χ3n) is 3.85. The first kappa shape index (κ1) is 13.6. The number of nitrogens with two attached hydrogens (primary N) is 1. The first-order chi connectivity index (χ1) is 10.1.